The summed E-state index contributed by atoms with van der Waals surface area (Å²) in [4.78, 5) is 2.35. The van der Waals surface area contributed by atoms with Gasteiger partial charge in [-0.25, -0.2) is 0 Å². The lowest BCUT2D eigenvalue weighted by Gasteiger charge is -2.26. The van der Waals surface area contributed by atoms with Crippen molar-refractivity contribution in [2.45, 2.75) is 0 Å². The second-order valence-electron chi connectivity index (χ2n) is 14.5. The van der Waals surface area contributed by atoms with Gasteiger partial charge in [0.25, 0.3) is 0 Å². The van der Waals surface area contributed by atoms with Crippen molar-refractivity contribution in [2.24, 2.45) is 0 Å². The molecule has 0 unspecified atom stereocenters. The van der Waals surface area contributed by atoms with Crippen LogP contribution in [0.5, 0.6) is 0 Å². The van der Waals surface area contributed by atoms with E-state index in [0.29, 0.717) is 0 Å². The molecule has 0 saturated carbocycles. The summed E-state index contributed by atoms with van der Waals surface area (Å²) in [6.07, 6.45) is 0. The molecule has 0 radical (unpaired) electrons. The number of para-hydroxylation sites is 1. The highest BCUT2D eigenvalue weighted by Gasteiger charge is 2.21. The summed E-state index contributed by atoms with van der Waals surface area (Å²) >= 11 is 0. The number of hydrogen-bond donors (Lipinski definition) is 0. The van der Waals surface area contributed by atoms with E-state index in [0.717, 1.165) is 44.6 Å². The van der Waals surface area contributed by atoms with Crippen molar-refractivity contribution >= 4 is 71.3 Å². The predicted molar refractivity (Wildman–Crippen MR) is 237 cm³/mol. The van der Waals surface area contributed by atoms with Gasteiger partial charge in [-0.2, -0.15) is 0 Å². The first-order valence-electron chi connectivity index (χ1n) is 19.2. The zero-order valence-corrected chi connectivity index (χ0v) is 30.6. The highest BCUT2D eigenvalue weighted by molar-refractivity contribution is 6.15. The molecule has 11 rings (SSSR count). The molecule has 1 heterocycles. The second kappa shape index (κ2) is 13.2. The smallest absolute Gasteiger partial charge is 0.159 e. The molecule has 0 saturated heterocycles. The van der Waals surface area contributed by atoms with Crippen LogP contribution in [-0.2, 0) is 0 Å². The maximum atomic E-state index is 6.84. The van der Waals surface area contributed by atoms with Crippen LogP contribution in [0, 0.1) is 0 Å². The van der Waals surface area contributed by atoms with Gasteiger partial charge in [-0.05, 0) is 114 Å². The van der Waals surface area contributed by atoms with Gasteiger partial charge >= 0.3 is 0 Å². The SMILES string of the molecule is c1ccc(-c2ccc(-c3ccc(N(c4cccc(-c5cc6ccccc6c6ccccc56)c4)c4cccc5c4oc4cc6ccccc6cc45)cc3)cc2)cc1. The van der Waals surface area contributed by atoms with Crippen LogP contribution >= 0.6 is 0 Å². The molecule has 0 atom stereocenters. The first kappa shape index (κ1) is 32.0. The fourth-order valence-electron chi connectivity index (χ4n) is 8.47. The Hall–Kier alpha value is -7.42. The molecule has 0 aliphatic carbocycles. The summed E-state index contributed by atoms with van der Waals surface area (Å²) in [5, 5.41) is 9.58. The lowest BCUT2D eigenvalue weighted by atomic mass is 9.93. The summed E-state index contributed by atoms with van der Waals surface area (Å²) in [7, 11) is 0. The quantitative estimate of drug-likeness (QED) is 0.160. The first-order chi connectivity index (χ1) is 27.7. The summed E-state index contributed by atoms with van der Waals surface area (Å²) in [5.74, 6) is 0. The molecule has 0 amide bonds. The van der Waals surface area contributed by atoms with Gasteiger partial charge in [-0.15, -0.1) is 0 Å². The summed E-state index contributed by atoms with van der Waals surface area (Å²) in [5.41, 5.74) is 12.0. The maximum absolute atomic E-state index is 6.84. The first-order valence-corrected chi connectivity index (χ1v) is 19.2. The molecular weight excluding hydrogens is 679 g/mol. The van der Waals surface area contributed by atoms with Crippen LogP contribution < -0.4 is 4.90 Å². The Morgan fingerprint density at radius 2 is 0.857 bits per heavy atom. The number of rotatable bonds is 6. The van der Waals surface area contributed by atoms with Gasteiger partial charge in [-0.3, -0.25) is 0 Å². The fourth-order valence-corrected chi connectivity index (χ4v) is 8.47. The molecule has 262 valence electrons. The number of benzene rings is 10. The molecule has 0 N–H and O–H groups in total. The molecular formula is C54H35NO. The van der Waals surface area contributed by atoms with E-state index in [9.17, 15) is 0 Å². The summed E-state index contributed by atoms with van der Waals surface area (Å²) in [6.45, 7) is 0. The Balaban J connectivity index is 1.08. The molecule has 2 nitrogen and oxygen atoms in total. The number of fused-ring (bicyclic) bond motifs is 7. The van der Waals surface area contributed by atoms with Crippen molar-refractivity contribution in [3.63, 3.8) is 0 Å². The maximum Gasteiger partial charge on any atom is 0.159 e. The van der Waals surface area contributed by atoms with E-state index in [1.165, 1.54) is 60.1 Å². The zero-order chi connectivity index (χ0) is 37.0. The van der Waals surface area contributed by atoms with Crippen LogP contribution in [0.1, 0.15) is 0 Å². The Morgan fingerprint density at radius 3 is 1.61 bits per heavy atom. The molecule has 2 heteroatoms. The molecule has 11 aromatic rings. The number of anilines is 3. The molecule has 0 aliphatic heterocycles. The van der Waals surface area contributed by atoms with Crippen molar-refractivity contribution < 1.29 is 4.42 Å². The minimum Gasteiger partial charge on any atom is -0.454 e. The Morgan fingerprint density at radius 1 is 0.304 bits per heavy atom. The average Bonchev–Trinajstić information content (AvgIpc) is 3.64. The molecule has 10 aromatic carbocycles. The van der Waals surface area contributed by atoms with Gasteiger partial charge in [0.2, 0.25) is 0 Å². The highest BCUT2D eigenvalue weighted by Crippen LogP contribution is 2.45. The highest BCUT2D eigenvalue weighted by atomic mass is 16.3. The van der Waals surface area contributed by atoms with Crippen LogP contribution in [-0.4, -0.2) is 0 Å². The van der Waals surface area contributed by atoms with E-state index in [1.54, 1.807) is 0 Å². The lowest BCUT2D eigenvalue weighted by Crippen LogP contribution is -2.10. The molecule has 0 fully saturated rings. The second-order valence-corrected chi connectivity index (χ2v) is 14.5. The topological polar surface area (TPSA) is 16.4 Å². The number of furan rings is 1. The van der Waals surface area contributed by atoms with E-state index in [2.05, 4.69) is 217 Å². The molecule has 56 heavy (non-hydrogen) atoms. The van der Waals surface area contributed by atoms with Gasteiger partial charge in [0, 0.05) is 22.1 Å². The lowest BCUT2D eigenvalue weighted by molar-refractivity contribution is 0.669. The van der Waals surface area contributed by atoms with Crippen molar-refractivity contribution in [1.29, 1.82) is 0 Å². The van der Waals surface area contributed by atoms with Crippen molar-refractivity contribution in [2.75, 3.05) is 4.90 Å². The van der Waals surface area contributed by atoms with Gasteiger partial charge in [-0.1, -0.05) is 164 Å². The molecule has 0 bridgehead atoms. The van der Waals surface area contributed by atoms with Crippen LogP contribution in [0.25, 0.3) is 87.6 Å². The summed E-state index contributed by atoms with van der Waals surface area (Å²) < 4.78 is 6.84. The number of hydrogen-bond acceptors (Lipinski definition) is 2. The standard InChI is InChI=1S/C54H35NO/c1-2-12-36(13-3-1)37-24-26-38(27-25-37)39-28-30-44(31-29-39)55(52-23-11-22-49-51-33-40-14-4-5-15-41(40)35-53(51)56-54(49)52)45-18-10-17-42(32-45)50-34-43-16-6-7-19-46(43)47-20-8-9-21-48(47)50/h1-35H. The Bertz CT molecular complexity index is 3230. The van der Waals surface area contributed by atoms with Crippen LogP contribution in [0.4, 0.5) is 17.1 Å². The normalized spacial score (nSPS) is 11.6. The van der Waals surface area contributed by atoms with Crippen LogP contribution in [0.2, 0.25) is 0 Å². The molecule has 0 aliphatic rings. The minimum atomic E-state index is 0.861. The predicted octanol–water partition coefficient (Wildman–Crippen LogP) is 15.5. The van der Waals surface area contributed by atoms with E-state index < -0.39 is 0 Å². The largest absolute Gasteiger partial charge is 0.454 e. The third kappa shape index (κ3) is 5.42. The molecule has 1 aromatic heterocycles. The van der Waals surface area contributed by atoms with E-state index in [-0.39, 0.29) is 0 Å². The van der Waals surface area contributed by atoms with Crippen LogP contribution in [0.3, 0.4) is 0 Å². The third-order valence-electron chi connectivity index (χ3n) is 11.2. The minimum absolute atomic E-state index is 0.861. The fraction of sp³-hybridized carbons (Fsp3) is 0. The Labute approximate surface area is 325 Å². The van der Waals surface area contributed by atoms with Gasteiger partial charge in [0.05, 0.1) is 5.69 Å². The third-order valence-corrected chi connectivity index (χ3v) is 11.2. The van der Waals surface area contributed by atoms with E-state index in [4.69, 9.17) is 4.42 Å². The Kier molecular flexibility index (Phi) is 7.53. The van der Waals surface area contributed by atoms with E-state index >= 15 is 0 Å². The van der Waals surface area contributed by atoms with Gasteiger partial charge in [0.15, 0.2) is 5.58 Å². The van der Waals surface area contributed by atoms with Crippen LogP contribution in [0.15, 0.2) is 217 Å². The van der Waals surface area contributed by atoms with Crippen molar-refractivity contribution in [1.82, 2.24) is 0 Å². The number of nitrogens with zero attached hydrogens (tertiary/aromatic N) is 1. The van der Waals surface area contributed by atoms with Crippen molar-refractivity contribution in [3.8, 4) is 33.4 Å². The molecule has 0 spiro atoms. The van der Waals surface area contributed by atoms with Gasteiger partial charge < -0.3 is 9.32 Å². The average molecular weight is 714 g/mol. The zero-order valence-electron chi connectivity index (χ0n) is 30.6. The monoisotopic (exact) mass is 713 g/mol. The summed E-state index contributed by atoms with van der Waals surface area (Å²) in [6, 6.07) is 76.4. The van der Waals surface area contributed by atoms with Crippen molar-refractivity contribution in [3.05, 3.63) is 212 Å². The van der Waals surface area contributed by atoms with Gasteiger partial charge in [0.1, 0.15) is 5.58 Å². The van der Waals surface area contributed by atoms with E-state index in [1.807, 2.05) is 0 Å².